The van der Waals surface area contributed by atoms with Crippen LogP contribution >= 0.6 is 0 Å². The van der Waals surface area contributed by atoms with Crippen molar-refractivity contribution in [2.24, 2.45) is 0 Å². The summed E-state index contributed by atoms with van der Waals surface area (Å²) >= 11 is 0. The zero-order valence-electron chi connectivity index (χ0n) is 49.5. The molecule has 0 fully saturated rings. The lowest BCUT2D eigenvalue weighted by atomic mass is 9.79. The molecule has 4 heteroatoms. The number of hydrogen-bond acceptors (Lipinski definition) is 4. The molecule has 0 radical (unpaired) electrons. The molecule has 0 unspecified atom stereocenters. The molecule has 4 nitrogen and oxygen atoms in total. The lowest BCUT2D eigenvalue weighted by Crippen LogP contribution is -2.18. The number of para-hydroxylation sites is 2. The molecule has 0 saturated carbocycles. The monoisotopic (exact) mass is 1110 g/mol. The Bertz CT molecular complexity index is 4390. The molecule has 0 heterocycles. The van der Waals surface area contributed by atoms with E-state index in [1.807, 2.05) is 0 Å². The number of benzene rings is 13. The van der Waals surface area contributed by atoms with E-state index in [2.05, 4.69) is 352 Å². The Kier molecular flexibility index (Phi) is 12.6. The first-order valence-electron chi connectivity index (χ1n) is 30.1. The Hall–Kier alpha value is -10.4. The summed E-state index contributed by atoms with van der Waals surface area (Å²) in [6, 6.07) is 107. The molecule has 0 atom stereocenters. The number of nitrogens with zero attached hydrogens (tertiary/aromatic N) is 4. The molecule has 0 aromatic heterocycles. The third kappa shape index (κ3) is 8.82. The molecule has 2 aliphatic rings. The maximum atomic E-state index is 2.54. The fraction of sp³-hybridized carbons (Fsp3) is 0.0976. The van der Waals surface area contributed by atoms with Gasteiger partial charge in [0.25, 0.3) is 0 Å². The van der Waals surface area contributed by atoms with Crippen LogP contribution in [0.2, 0.25) is 0 Å². The average molecular weight is 1110 g/mol. The molecule has 0 saturated heterocycles. The van der Waals surface area contributed by atoms with E-state index in [9.17, 15) is 0 Å². The molecule has 0 amide bonds. The first kappa shape index (κ1) is 52.4. The summed E-state index contributed by atoms with van der Waals surface area (Å²) in [6.07, 6.45) is 0. The van der Waals surface area contributed by atoms with Crippen LogP contribution in [0.25, 0.3) is 43.8 Å². The minimum atomic E-state index is -0.266. The minimum Gasteiger partial charge on any atom is -0.310 e. The third-order valence-corrected chi connectivity index (χ3v) is 18.3. The zero-order chi connectivity index (χ0) is 58.3. The van der Waals surface area contributed by atoms with Gasteiger partial charge in [-0.05, 0) is 215 Å². The lowest BCUT2D eigenvalue weighted by Gasteiger charge is -2.30. The van der Waals surface area contributed by atoms with Gasteiger partial charge in [-0.25, -0.2) is 0 Å². The van der Waals surface area contributed by atoms with Gasteiger partial charge >= 0.3 is 0 Å². The van der Waals surface area contributed by atoms with E-state index in [4.69, 9.17) is 0 Å². The van der Waals surface area contributed by atoms with Gasteiger partial charge in [0, 0.05) is 78.5 Å². The van der Waals surface area contributed by atoms with Gasteiger partial charge in [-0.15, -0.1) is 0 Å². The smallest absolute Gasteiger partial charge is 0.0540 e. The molecule has 0 aliphatic heterocycles. The minimum absolute atomic E-state index is 0.266. The predicted molar refractivity (Wildman–Crippen MR) is 365 cm³/mol. The van der Waals surface area contributed by atoms with Crippen molar-refractivity contribution >= 4 is 89.8 Å². The van der Waals surface area contributed by atoms with Gasteiger partial charge in [0.2, 0.25) is 0 Å². The standard InChI is InChI=1S/C82H66N4/c1-55-31-35-61(36-32-55)83(63-39-43-65(44-40-63)85(59-23-9-7-10-24-59)79-29-17-21-57-19-13-15-27-69(57)79)67-47-49-71-73-53-78-74(54-77(73)81(3,4)75(71)51-67)72-50-48-68(52-76(72)82(78,5)6)84(62-37-33-56(2)34-38-62)64-41-45-66(46-42-64)86(60-25-11-8-12-26-60)80-30-18-22-58-20-14-16-28-70(58)80/h7-54H,1-6H3. The van der Waals surface area contributed by atoms with Crippen molar-refractivity contribution in [3.05, 3.63) is 325 Å². The number of hydrogen-bond donors (Lipinski definition) is 0. The summed E-state index contributed by atoms with van der Waals surface area (Å²) in [5, 5.41) is 4.85. The van der Waals surface area contributed by atoms with E-state index >= 15 is 0 Å². The van der Waals surface area contributed by atoms with Crippen LogP contribution in [0.3, 0.4) is 0 Å². The summed E-state index contributed by atoms with van der Waals surface area (Å²) in [4.78, 5) is 9.59. The van der Waals surface area contributed by atoms with Gasteiger partial charge in [-0.1, -0.05) is 184 Å². The first-order chi connectivity index (χ1) is 42.0. The van der Waals surface area contributed by atoms with Crippen LogP contribution in [0.15, 0.2) is 291 Å². The second kappa shape index (κ2) is 20.7. The summed E-state index contributed by atoms with van der Waals surface area (Å²) in [6.45, 7) is 14.0. The quantitative estimate of drug-likeness (QED) is 0.121. The Balaban J connectivity index is 0.778. The van der Waals surface area contributed by atoms with E-state index in [1.54, 1.807) is 0 Å². The molecule has 15 rings (SSSR count). The SMILES string of the molecule is Cc1ccc(N(c2ccc(N(c3ccccc3)c3cccc4ccccc34)cc2)c2ccc3c(c2)C(C)(C)c2cc4c(cc2-3)C(C)(C)c2cc(N(c3ccc(C)cc3)c3ccc(N(c5ccccc5)c5cccc6ccccc56)cc3)ccc2-4)cc1. The highest BCUT2D eigenvalue weighted by Gasteiger charge is 2.42. The number of rotatable bonds is 12. The van der Waals surface area contributed by atoms with Crippen LogP contribution in [-0.4, -0.2) is 0 Å². The molecule has 0 spiro atoms. The maximum absolute atomic E-state index is 2.54. The van der Waals surface area contributed by atoms with Crippen LogP contribution < -0.4 is 19.6 Å². The average Bonchev–Trinajstić information content (AvgIpc) is 1.60. The van der Waals surface area contributed by atoms with Gasteiger partial charge in [0.15, 0.2) is 0 Å². The summed E-state index contributed by atoms with van der Waals surface area (Å²) in [5.74, 6) is 0. The van der Waals surface area contributed by atoms with E-state index in [0.29, 0.717) is 0 Å². The van der Waals surface area contributed by atoms with E-state index < -0.39 is 0 Å². The molecule has 0 bridgehead atoms. The summed E-state index contributed by atoms with van der Waals surface area (Å²) in [5.41, 5.74) is 26.0. The predicted octanol–water partition coefficient (Wildman–Crippen LogP) is 23.1. The zero-order valence-corrected chi connectivity index (χ0v) is 49.5. The molecule has 2 aliphatic carbocycles. The molecule has 414 valence electrons. The van der Waals surface area contributed by atoms with Crippen molar-refractivity contribution in [2.45, 2.75) is 52.4 Å². The van der Waals surface area contributed by atoms with Crippen molar-refractivity contribution in [1.82, 2.24) is 0 Å². The molecule has 0 N–H and O–H groups in total. The summed E-state index contributed by atoms with van der Waals surface area (Å²) < 4.78 is 0. The Morgan fingerprint density at radius 3 is 0.872 bits per heavy atom. The third-order valence-electron chi connectivity index (χ3n) is 18.3. The highest BCUT2D eigenvalue weighted by atomic mass is 15.2. The normalized spacial score (nSPS) is 13.2. The van der Waals surface area contributed by atoms with Gasteiger partial charge < -0.3 is 19.6 Å². The summed E-state index contributed by atoms with van der Waals surface area (Å²) in [7, 11) is 0. The van der Waals surface area contributed by atoms with Crippen molar-refractivity contribution in [3.8, 4) is 22.3 Å². The van der Waals surface area contributed by atoms with E-state index in [1.165, 1.54) is 77.2 Å². The number of fused-ring (bicyclic) bond motifs is 8. The van der Waals surface area contributed by atoms with Crippen LogP contribution in [0, 0.1) is 13.8 Å². The van der Waals surface area contributed by atoms with E-state index in [0.717, 1.165) is 68.2 Å². The van der Waals surface area contributed by atoms with Crippen molar-refractivity contribution in [2.75, 3.05) is 19.6 Å². The Morgan fingerprint density at radius 2 is 0.500 bits per heavy atom. The van der Waals surface area contributed by atoms with Gasteiger partial charge in [0.05, 0.1) is 11.4 Å². The second-order valence-corrected chi connectivity index (χ2v) is 24.4. The molecule has 13 aromatic carbocycles. The fourth-order valence-electron chi connectivity index (χ4n) is 13.8. The second-order valence-electron chi connectivity index (χ2n) is 24.4. The van der Waals surface area contributed by atoms with E-state index in [-0.39, 0.29) is 10.8 Å². The highest BCUT2D eigenvalue weighted by molar-refractivity contribution is 6.01. The van der Waals surface area contributed by atoms with Crippen molar-refractivity contribution < 1.29 is 0 Å². The maximum Gasteiger partial charge on any atom is 0.0540 e. The van der Waals surface area contributed by atoms with Crippen molar-refractivity contribution in [3.63, 3.8) is 0 Å². The lowest BCUT2D eigenvalue weighted by molar-refractivity contribution is 0.652. The Labute approximate surface area is 505 Å². The molecular weight excluding hydrogens is 1040 g/mol. The van der Waals surface area contributed by atoms with Crippen LogP contribution in [0.1, 0.15) is 61.1 Å². The van der Waals surface area contributed by atoms with Crippen molar-refractivity contribution in [1.29, 1.82) is 0 Å². The highest BCUT2D eigenvalue weighted by Crippen LogP contribution is 2.58. The number of anilines is 12. The topological polar surface area (TPSA) is 13.0 Å². The molecule has 86 heavy (non-hydrogen) atoms. The van der Waals surface area contributed by atoms with Gasteiger partial charge in [0.1, 0.15) is 0 Å². The van der Waals surface area contributed by atoms with Crippen LogP contribution in [0.5, 0.6) is 0 Å². The fourth-order valence-corrected chi connectivity index (χ4v) is 13.8. The first-order valence-corrected chi connectivity index (χ1v) is 30.1. The van der Waals surface area contributed by atoms with Crippen LogP contribution in [-0.2, 0) is 10.8 Å². The van der Waals surface area contributed by atoms with Crippen LogP contribution in [0.4, 0.5) is 68.2 Å². The largest absolute Gasteiger partial charge is 0.310 e. The van der Waals surface area contributed by atoms with Gasteiger partial charge in [-0.3, -0.25) is 0 Å². The molecular formula is C82H66N4. The number of aryl methyl sites for hydroxylation is 2. The Morgan fingerprint density at radius 1 is 0.221 bits per heavy atom. The molecule has 13 aromatic rings. The van der Waals surface area contributed by atoms with Gasteiger partial charge in [-0.2, -0.15) is 0 Å².